The summed E-state index contributed by atoms with van der Waals surface area (Å²) in [6.07, 6.45) is 4.20. The van der Waals surface area contributed by atoms with Crippen LogP contribution in [0.25, 0.3) is 0 Å². The third-order valence-corrected chi connectivity index (χ3v) is 2.95. The van der Waals surface area contributed by atoms with Crippen molar-refractivity contribution in [3.8, 4) is 5.75 Å². The van der Waals surface area contributed by atoms with Crippen LogP contribution in [0.3, 0.4) is 0 Å². The highest BCUT2D eigenvalue weighted by molar-refractivity contribution is 5.78. The zero-order valence-corrected chi connectivity index (χ0v) is 11.8. The van der Waals surface area contributed by atoms with Crippen molar-refractivity contribution in [3.05, 3.63) is 29.3 Å². The smallest absolute Gasteiger partial charge is 0.132 e. The van der Waals surface area contributed by atoms with Gasteiger partial charge in [-0.2, -0.15) is 0 Å². The quantitative estimate of drug-likeness (QED) is 0.692. The highest BCUT2D eigenvalue weighted by Crippen LogP contribution is 2.22. The Bertz CT molecular complexity index is 383. The predicted molar refractivity (Wildman–Crippen MR) is 75.2 cm³/mol. The van der Waals surface area contributed by atoms with E-state index in [4.69, 9.17) is 4.74 Å². The molecule has 1 rings (SSSR count). The first-order valence-corrected chi connectivity index (χ1v) is 6.91. The van der Waals surface area contributed by atoms with Crippen molar-refractivity contribution in [2.45, 2.75) is 52.9 Å². The molecule has 0 atom stereocenters. The Kier molecular flexibility index (Phi) is 6.48. The van der Waals surface area contributed by atoms with Crippen LogP contribution in [0, 0.1) is 6.92 Å². The molecule has 0 spiro atoms. The highest BCUT2D eigenvalue weighted by atomic mass is 16.5. The van der Waals surface area contributed by atoms with Gasteiger partial charge in [0.25, 0.3) is 0 Å². The van der Waals surface area contributed by atoms with Gasteiger partial charge in [-0.3, -0.25) is 4.79 Å². The molecule has 0 aliphatic heterocycles. The van der Waals surface area contributed by atoms with Crippen LogP contribution in [-0.4, -0.2) is 12.4 Å². The largest absolute Gasteiger partial charge is 0.494 e. The average Bonchev–Trinajstić information content (AvgIpc) is 2.33. The third kappa shape index (κ3) is 4.91. The van der Waals surface area contributed by atoms with Gasteiger partial charge in [0.1, 0.15) is 11.5 Å². The van der Waals surface area contributed by atoms with Crippen molar-refractivity contribution < 1.29 is 9.53 Å². The molecule has 0 unspecified atom stereocenters. The topological polar surface area (TPSA) is 26.3 Å². The van der Waals surface area contributed by atoms with E-state index in [9.17, 15) is 4.79 Å². The van der Waals surface area contributed by atoms with Crippen LogP contribution < -0.4 is 4.74 Å². The van der Waals surface area contributed by atoms with E-state index in [1.54, 1.807) is 0 Å². The molecule has 0 N–H and O–H groups in total. The van der Waals surface area contributed by atoms with Crippen LogP contribution in [0.4, 0.5) is 0 Å². The lowest BCUT2D eigenvalue weighted by Gasteiger charge is -2.10. The van der Waals surface area contributed by atoms with Crippen LogP contribution in [0.15, 0.2) is 18.2 Å². The lowest BCUT2D eigenvalue weighted by atomic mass is 10.0. The summed E-state index contributed by atoms with van der Waals surface area (Å²) >= 11 is 0. The average molecular weight is 248 g/mol. The van der Waals surface area contributed by atoms with E-state index in [-0.39, 0.29) is 0 Å². The molecule has 0 heterocycles. The van der Waals surface area contributed by atoms with E-state index in [1.807, 2.05) is 19.9 Å². The molecule has 18 heavy (non-hydrogen) atoms. The van der Waals surface area contributed by atoms with Gasteiger partial charge in [0, 0.05) is 12.8 Å². The molecule has 0 radical (unpaired) electrons. The number of carbonyl (C=O) groups is 1. The van der Waals surface area contributed by atoms with E-state index in [0.717, 1.165) is 25.0 Å². The van der Waals surface area contributed by atoms with Gasteiger partial charge in [-0.1, -0.05) is 24.6 Å². The third-order valence-electron chi connectivity index (χ3n) is 2.95. The second-order valence-corrected chi connectivity index (χ2v) is 4.69. The first-order valence-electron chi connectivity index (χ1n) is 6.91. The molecule has 1 aromatic rings. The van der Waals surface area contributed by atoms with Crippen molar-refractivity contribution in [2.75, 3.05) is 6.61 Å². The molecule has 0 fully saturated rings. The van der Waals surface area contributed by atoms with Gasteiger partial charge < -0.3 is 4.74 Å². The van der Waals surface area contributed by atoms with Crippen LogP contribution in [-0.2, 0) is 11.2 Å². The molecule has 1 aromatic carbocycles. The summed E-state index contributed by atoms with van der Waals surface area (Å²) in [5.41, 5.74) is 2.47. The maximum absolute atomic E-state index is 11.5. The number of hydrogen-bond acceptors (Lipinski definition) is 2. The fraction of sp³-hybridized carbons (Fsp3) is 0.562. The van der Waals surface area contributed by atoms with E-state index in [2.05, 4.69) is 19.1 Å². The minimum Gasteiger partial charge on any atom is -0.494 e. The molecule has 0 amide bonds. The Balaban J connectivity index is 2.54. The Morgan fingerprint density at radius 1 is 1.22 bits per heavy atom. The summed E-state index contributed by atoms with van der Waals surface area (Å²) in [5, 5.41) is 0. The van der Waals surface area contributed by atoms with Gasteiger partial charge in [-0.15, -0.1) is 0 Å². The number of aryl methyl sites for hydroxylation is 2. The predicted octanol–water partition coefficient (Wildman–Crippen LogP) is 4.09. The van der Waals surface area contributed by atoms with Gasteiger partial charge in [0.15, 0.2) is 0 Å². The fourth-order valence-electron chi connectivity index (χ4n) is 2.08. The van der Waals surface area contributed by atoms with E-state index < -0.39 is 0 Å². The van der Waals surface area contributed by atoms with Crippen LogP contribution in [0.5, 0.6) is 5.75 Å². The molecule has 2 nitrogen and oxygen atoms in total. The second kappa shape index (κ2) is 7.91. The lowest BCUT2D eigenvalue weighted by Crippen LogP contribution is -2.00. The fourth-order valence-corrected chi connectivity index (χ4v) is 2.08. The number of Topliss-reactive ketones (excluding diaryl/α,β-unsaturated/α-hetero) is 1. The molecule has 0 aliphatic carbocycles. The van der Waals surface area contributed by atoms with E-state index in [0.29, 0.717) is 25.2 Å². The van der Waals surface area contributed by atoms with Crippen LogP contribution in [0.2, 0.25) is 0 Å². The molecule has 2 heteroatoms. The summed E-state index contributed by atoms with van der Waals surface area (Å²) in [6.45, 7) is 6.81. The van der Waals surface area contributed by atoms with Gasteiger partial charge in [-0.05, 0) is 44.7 Å². The highest BCUT2D eigenvalue weighted by Gasteiger charge is 2.06. The number of hydrogen-bond donors (Lipinski definition) is 0. The number of ether oxygens (including phenoxy) is 1. The summed E-state index contributed by atoms with van der Waals surface area (Å²) in [5.74, 6) is 1.34. The minimum absolute atomic E-state index is 0.378. The number of rotatable bonds is 8. The van der Waals surface area contributed by atoms with Gasteiger partial charge in [0.2, 0.25) is 0 Å². The van der Waals surface area contributed by atoms with Crippen LogP contribution in [0.1, 0.15) is 50.7 Å². The number of benzene rings is 1. The van der Waals surface area contributed by atoms with Gasteiger partial charge in [-0.25, -0.2) is 0 Å². The summed E-state index contributed by atoms with van der Waals surface area (Å²) < 4.78 is 5.61. The van der Waals surface area contributed by atoms with Gasteiger partial charge >= 0.3 is 0 Å². The molecule has 0 saturated heterocycles. The van der Waals surface area contributed by atoms with Crippen molar-refractivity contribution in [1.29, 1.82) is 0 Å². The zero-order valence-electron chi connectivity index (χ0n) is 11.8. The molecular weight excluding hydrogens is 224 g/mol. The molecule has 0 saturated carbocycles. The Morgan fingerprint density at radius 2 is 2.00 bits per heavy atom. The van der Waals surface area contributed by atoms with Crippen molar-refractivity contribution in [1.82, 2.24) is 0 Å². The maximum Gasteiger partial charge on any atom is 0.132 e. The summed E-state index contributed by atoms with van der Waals surface area (Å²) in [6, 6.07) is 6.26. The first-order chi connectivity index (χ1) is 8.67. The Labute approximate surface area is 110 Å². The van der Waals surface area contributed by atoms with Crippen molar-refractivity contribution in [3.63, 3.8) is 0 Å². The number of carbonyl (C=O) groups excluding carboxylic acids is 1. The maximum atomic E-state index is 11.5. The first kappa shape index (κ1) is 14.7. The zero-order chi connectivity index (χ0) is 13.4. The molecule has 0 aliphatic rings. The molecule has 0 aromatic heterocycles. The molecular formula is C16H24O2. The standard InChI is InChI=1S/C16H24O2/c1-4-7-15(17)9-6-8-14-12-13(3)10-11-16(14)18-5-2/h10-12H,4-9H2,1-3H3. The molecule has 0 bridgehead atoms. The SMILES string of the molecule is CCCC(=O)CCCc1cc(C)ccc1OCC. The Hall–Kier alpha value is -1.31. The minimum atomic E-state index is 0.378. The van der Waals surface area contributed by atoms with Crippen molar-refractivity contribution >= 4 is 5.78 Å². The monoisotopic (exact) mass is 248 g/mol. The Morgan fingerprint density at radius 3 is 2.67 bits per heavy atom. The lowest BCUT2D eigenvalue weighted by molar-refractivity contribution is -0.119. The van der Waals surface area contributed by atoms with Crippen molar-refractivity contribution in [2.24, 2.45) is 0 Å². The molecule has 100 valence electrons. The number of ketones is 1. The van der Waals surface area contributed by atoms with Crippen LogP contribution >= 0.6 is 0 Å². The normalized spacial score (nSPS) is 10.4. The summed E-state index contributed by atoms with van der Waals surface area (Å²) in [7, 11) is 0. The van der Waals surface area contributed by atoms with Gasteiger partial charge in [0.05, 0.1) is 6.61 Å². The summed E-state index contributed by atoms with van der Waals surface area (Å²) in [4.78, 5) is 11.5. The second-order valence-electron chi connectivity index (χ2n) is 4.69. The van der Waals surface area contributed by atoms with E-state index in [1.165, 1.54) is 11.1 Å². The van der Waals surface area contributed by atoms with E-state index >= 15 is 0 Å².